The summed E-state index contributed by atoms with van der Waals surface area (Å²) < 4.78 is 0.694. The van der Waals surface area contributed by atoms with Crippen LogP contribution in [0, 0.1) is 16.0 Å². The van der Waals surface area contributed by atoms with Crippen LogP contribution < -0.4 is 10.2 Å². The summed E-state index contributed by atoms with van der Waals surface area (Å²) in [5.41, 5.74) is 0.0175. The fraction of sp³-hybridized carbons (Fsp3) is 0.643. The van der Waals surface area contributed by atoms with Gasteiger partial charge in [0, 0.05) is 19.2 Å². The Balaban J connectivity index is 2.14. The van der Waals surface area contributed by atoms with Crippen LogP contribution >= 0.6 is 15.9 Å². The van der Waals surface area contributed by atoms with Crippen molar-refractivity contribution in [2.45, 2.75) is 26.2 Å². The van der Waals surface area contributed by atoms with Gasteiger partial charge in [-0.2, -0.15) is 0 Å². The fourth-order valence-electron chi connectivity index (χ4n) is 2.68. The molecule has 1 aliphatic rings. The number of pyridine rings is 1. The summed E-state index contributed by atoms with van der Waals surface area (Å²) in [5.74, 6) is 1.46. The van der Waals surface area contributed by atoms with Crippen LogP contribution in [0.5, 0.6) is 0 Å². The van der Waals surface area contributed by atoms with E-state index in [1.807, 2.05) is 0 Å². The first-order valence-electron chi connectivity index (χ1n) is 7.37. The largest absolute Gasteiger partial charge is 0.355 e. The maximum absolute atomic E-state index is 10.8. The van der Waals surface area contributed by atoms with Gasteiger partial charge in [0.05, 0.1) is 9.40 Å². The van der Waals surface area contributed by atoms with Crippen molar-refractivity contribution < 1.29 is 4.92 Å². The molecule has 0 saturated carbocycles. The minimum Gasteiger partial charge on any atom is -0.355 e. The number of aromatic nitrogens is 1. The highest BCUT2D eigenvalue weighted by molar-refractivity contribution is 9.10. The van der Waals surface area contributed by atoms with E-state index >= 15 is 0 Å². The van der Waals surface area contributed by atoms with E-state index in [1.54, 1.807) is 0 Å². The lowest BCUT2D eigenvalue weighted by Crippen LogP contribution is -2.37. The van der Waals surface area contributed by atoms with Crippen LogP contribution in [0.25, 0.3) is 0 Å². The maximum atomic E-state index is 10.8. The molecule has 7 heteroatoms. The molecule has 1 aliphatic heterocycles. The molecule has 0 atom stereocenters. The van der Waals surface area contributed by atoms with Gasteiger partial charge in [-0.1, -0.05) is 6.92 Å². The molecule has 0 spiro atoms. The first-order chi connectivity index (χ1) is 10.1. The lowest BCUT2D eigenvalue weighted by molar-refractivity contribution is -0.385. The number of nitro groups is 1. The quantitative estimate of drug-likeness (QED) is 0.626. The van der Waals surface area contributed by atoms with Gasteiger partial charge in [0.25, 0.3) is 5.69 Å². The fourth-order valence-corrected chi connectivity index (χ4v) is 3.27. The third kappa shape index (κ3) is 4.38. The van der Waals surface area contributed by atoms with Gasteiger partial charge in [-0.25, -0.2) is 4.98 Å². The molecule has 1 fully saturated rings. The summed E-state index contributed by atoms with van der Waals surface area (Å²) in [5, 5.41) is 14.2. The van der Waals surface area contributed by atoms with Crippen molar-refractivity contribution in [3.8, 4) is 0 Å². The monoisotopic (exact) mass is 356 g/mol. The van der Waals surface area contributed by atoms with Crippen molar-refractivity contribution in [2.75, 3.05) is 31.1 Å². The molecule has 0 aliphatic carbocycles. The number of hydrogen-bond donors (Lipinski definition) is 1. The Labute approximate surface area is 133 Å². The van der Waals surface area contributed by atoms with E-state index in [0.717, 1.165) is 38.4 Å². The van der Waals surface area contributed by atoms with E-state index in [0.29, 0.717) is 10.4 Å². The average Bonchev–Trinajstić information content (AvgIpc) is 2.48. The van der Waals surface area contributed by atoms with Gasteiger partial charge in [-0.3, -0.25) is 10.1 Å². The van der Waals surface area contributed by atoms with Crippen molar-refractivity contribution in [1.82, 2.24) is 10.3 Å². The summed E-state index contributed by atoms with van der Waals surface area (Å²) in [7, 11) is 0. The zero-order chi connectivity index (χ0) is 15.2. The Kier molecular flexibility index (Phi) is 5.93. The lowest BCUT2D eigenvalue weighted by atomic mass is 9.97. The van der Waals surface area contributed by atoms with Gasteiger partial charge in [0.1, 0.15) is 12.0 Å². The molecule has 21 heavy (non-hydrogen) atoms. The maximum Gasteiger partial charge on any atom is 0.288 e. The second-order valence-electron chi connectivity index (χ2n) is 5.40. The molecule has 1 saturated heterocycles. The van der Waals surface area contributed by atoms with Crippen LogP contribution in [-0.4, -0.2) is 36.1 Å². The molecule has 1 aromatic rings. The smallest absolute Gasteiger partial charge is 0.288 e. The zero-order valence-corrected chi connectivity index (χ0v) is 13.8. The van der Waals surface area contributed by atoms with Gasteiger partial charge < -0.3 is 10.2 Å². The molecule has 2 heterocycles. The highest BCUT2D eigenvalue weighted by Crippen LogP contribution is 2.29. The molecule has 2 rings (SSSR count). The van der Waals surface area contributed by atoms with E-state index in [1.165, 1.54) is 25.1 Å². The predicted molar refractivity (Wildman–Crippen MR) is 86.7 cm³/mol. The van der Waals surface area contributed by atoms with Crippen molar-refractivity contribution in [3.63, 3.8) is 0 Å². The van der Waals surface area contributed by atoms with E-state index < -0.39 is 4.92 Å². The van der Waals surface area contributed by atoms with Crippen LogP contribution in [0.15, 0.2) is 16.7 Å². The molecule has 0 radical (unpaired) electrons. The van der Waals surface area contributed by atoms with Gasteiger partial charge in [0.15, 0.2) is 0 Å². The molecule has 0 unspecified atom stereocenters. The molecule has 0 amide bonds. The van der Waals surface area contributed by atoms with Gasteiger partial charge in [-0.05, 0) is 54.2 Å². The average molecular weight is 357 g/mol. The molecule has 0 aromatic carbocycles. The Morgan fingerprint density at radius 3 is 2.81 bits per heavy atom. The van der Waals surface area contributed by atoms with Crippen LogP contribution in [-0.2, 0) is 0 Å². The topological polar surface area (TPSA) is 71.3 Å². The Hall–Kier alpha value is -1.21. The van der Waals surface area contributed by atoms with Crippen LogP contribution in [0.3, 0.4) is 0 Å². The van der Waals surface area contributed by atoms with Gasteiger partial charge in [-0.15, -0.1) is 0 Å². The lowest BCUT2D eigenvalue weighted by Gasteiger charge is -2.31. The normalized spacial score (nSPS) is 15.9. The summed E-state index contributed by atoms with van der Waals surface area (Å²) in [4.78, 5) is 16.9. The number of nitrogens with zero attached hydrogens (tertiary/aromatic N) is 3. The molecular weight excluding hydrogens is 336 g/mol. The summed E-state index contributed by atoms with van der Waals surface area (Å²) in [6.45, 7) is 6.14. The standard InChI is InChI=1S/C14H21BrN4O2/c1-2-7-18(10-11-3-5-16-6-4-11)14-13(15)8-12(9-17-14)19(20)21/h8-9,11,16H,2-7,10H2,1H3. The van der Waals surface area contributed by atoms with E-state index in [4.69, 9.17) is 0 Å². The van der Waals surface area contributed by atoms with Crippen molar-refractivity contribution in [1.29, 1.82) is 0 Å². The van der Waals surface area contributed by atoms with E-state index in [-0.39, 0.29) is 5.69 Å². The molecule has 116 valence electrons. The molecule has 1 aromatic heterocycles. The highest BCUT2D eigenvalue weighted by atomic mass is 79.9. The third-order valence-electron chi connectivity index (χ3n) is 3.75. The Morgan fingerprint density at radius 1 is 1.52 bits per heavy atom. The molecular formula is C14H21BrN4O2. The summed E-state index contributed by atoms with van der Waals surface area (Å²) in [6, 6.07) is 1.54. The van der Waals surface area contributed by atoms with Crippen LogP contribution in [0.2, 0.25) is 0 Å². The second-order valence-corrected chi connectivity index (χ2v) is 6.25. The highest BCUT2D eigenvalue weighted by Gasteiger charge is 2.20. The van der Waals surface area contributed by atoms with Crippen LogP contribution in [0.4, 0.5) is 11.5 Å². The van der Waals surface area contributed by atoms with E-state index in [2.05, 4.69) is 38.1 Å². The van der Waals surface area contributed by atoms with Crippen LogP contribution in [0.1, 0.15) is 26.2 Å². The Bertz CT molecular complexity index is 492. The number of hydrogen-bond acceptors (Lipinski definition) is 5. The van der Waals surface area contributed by atoms with E-state index in [9.17, 15) is 10.1 Å². The number of nitrogens with one attached hydrogen (secondary N) is 1. The zero-order valence-electron chi connectivity index (χ0n) is 12.2. The van der Waals surface area contributed by atoms with Crippen molar-refractivity contribution in [3.05, 3.63) is 26.9 Å². The van der Waals surface area contributed by atoms with Crippen molar-refractivity contribution in [2.24, 2.45) is 5.92 Å². The second kappa shape index (κ2) is 7.70. The molecule has 0 bridgehead atoms. The minimum atomic E-state index is -0.418. The van der Waals surface area contributed by atoms with Gasteiger partial charge >= 0.3 is 0 Å². The number of rotatable bonds is 6. The first-order valence-corrected chi connectivity index (χ1v) is 8.16. The molecule has 1 N–H and O–H groups in total. The predicted octanol–water partition coefficient (Wildman–Crippen LogP) is 2.97. The SMILES string of the molecule is CCCN(CC1CCNCC1)c1ncc([N+](=O)[O-])cc1Br. The summed E-state index contributed by atoms with van der Waals surface area (Å²) >= 11 is 3.43. The number of halogens is 1. The van der Waals surface area contributed by atoms with Crippen molar-refractivity contribution >= 4 is 27.4 Å². The van der Waals surface area contributed by atoms with Gasteiger partial charge in [0.2, 0.25) is 0 Å². The summed E-state index contributed by atoms with van der Waals surface area (Å²) in [6.07, 6.45) is 4.71. The first kappa shape index (κ1) is 16.2. The Morgan fingerprint density at radius 2 is 2.24 bits per heavy atom. The molecule has 6 nitrogen and oxygen atoms in total. The number of anilines is 1. The third-order valence-corrected chi connectivity index (χ3v) is 4.33. The number of piperidine rings is 1. The minimum absolute atomic E-state index is 0.0175.